The molecule has 0 spiro atoms. The van der Waals surface area contributed by atoms with Gasteiger partial charge in [-0.2, -0.15) is 0 Å². The summed E-state index contributed by atoms with van der Waals surface area (Å²) in [6.07, 6.45) is 0. The number of rotatable bonds is 0. The minimum absolute atomic E-state index is 0.498. The molecule has 0 saturated carbocycles. The molecule has 1 saturated heterocycles. The summed E-state index contributed by atoms with van der Waals surface area (Å²) in [5, 5.41) is 0. The lowest BCUT2D eigenvalue weighted by molar-refractivity contribution is 0.507. The van der Waals surface area contributed by atoms with Crippen LogP contribution in [0.2, 0.25) is 0 Å². The van der Waals surface area contributed by atoms with Gasteiger partial charge < -0.3 is 0 Å². The molecule has 0 amide bonds. The van der Waals surface area contributed by atoms with Crippen molar-refractivity contribution in [1.29, 1.82) is 0 Å². The van der Waals surface area contributed by atoms with E-state index in [1.807, 2.05) is 0 Å². The van der Waals surface area contributed by atoms with Gasteiger partial charge in [-0.25, -0.2) is 13.2 Å². The smallest absolute Gasteiger partial charge is 0.198 e. The third-order valence-electron chi connectivity index (χ3n) is 0.642. The highest BCUT2D eigenvalue weighted by molar-refractivity contribution is 8.33. The first-order valence-electron chi connectivity index (χ1n) is 2.07. The van der Waals surface area contributed by atoms with Crippen LogP contribution in [-0.2, 0) is 0 Å². The van der Waals surface area contributed by atoms with Crippen LogP contribution in [0.5, 0.6) is 0 Å². The highest BCUT2D eigenvalue weighted by Crippen LogP contribution is 2.48. The van der Waals surface area contributed by atoms with Gasteiger partial charge in [0.15, 0.2) is 14.5 Å². The van der Waals surface area contributed by atoms with E-state index in [2.05, 4.69) is 0 Å². The lowest BCUT2D eigenvalue weighted by Crippen LogP contribution is -2.07. The van der Waals surface area contributed by atoms with Crippen molar-refractivity contribution in [3.8, 4) is 0 Å². The minimum Gasteiger partial charge on any atom is -0.223 e. The zero-order chi connectivity index (χ0) is 6.85. The van der Waals surface area contributed by atoms with Crippen molar-refractivity contribution in [3.05, 3.63) is 0 Å². The second kappa shape index (κ2) is 3.30. The normalized spacial score (nSPS) is 45.0. The Balaban J connectivity index is 2.34. The average Bonchev–Trinajstić information content (AvgIpc) is 1.59. The quantitative estimate of drug-likeness (QED) is 0.579. The minimum atomic E-state index is -1.45. The summed E-state index contributed by atoms with van der Waals surface area (Å²) >= 11 is 1.49. The van der Waals surface area contributed by atoms with Gasteiger partial charge in [-0.15, -0.1) is 0 Å². The number of hydrogen-bond acceptors (Lipinski definition) is 3. The Morgan fingerprint density at radius 1 is 0.667 bits per heavy atom. The number of alkyl halides is 3. The standard InChI is InChI=1S/C3H3F3S3/c4-1-7-2(5)9-3(6)8-1/h1-3H. The monoisotopic (exact) mass is 192 g/mol. The Labute approximate surface area is 63.3 Å². The van der Waals surface area contributed by atoms with E-state index in [9.17, 15) is 13.2 Å². The second-order valence-corrected chi connectivity index (χ2v) is 5.43. The molecule has 0 atom stereocenters. The largest absolute Gasteiger partial charge is 0.223 e. The first-order valence-corrected chi connectivity index (χ1v) is 4.90. The van der Waals surface area contributed by atoms with Crippen molar-refractivity contribution in [3.63, 3.8) is 0 Å². The number of thioether (sulfide) groups is 3. The maximum absolute atomic E-state index is 12.1. The summed E-state index contributed by atoms with van der Waals surface area (Å²) < 4.78 is 36.4. The molecular formula is C3H3F3S3. The third-order valence-corrected chi connectivity index (χ3v) is 3.93. The Hall–Kier alpha value is 0.840. The molecule has 0 N–H and O–H groups in total. The molecular weight excluding hydrogens is 189 g/mol. The predicted molar refractivity (Wildman–Crippen MR) is 37.5 cm³/mol. The van der Waals surface area contributed by atoms with Gasteiger partial charge in [0.1, 0.15) is 0 Å². The molecule has 0 unspecified atom stereocenters. The van der Waals surface area contributed by atoms with Gasteiger partial charge in [-0.05, 0) is 0 Å². The Morgan fingerprint density at radius 3 is 1.11 bits per heavy atom. The van der Waals surface area contributed by atoms with Crippen LogP contribution in [0.1, 0.15) is 0 Å². The molecule has 1 rings (SSSR count). The van der Waals surface area contributed by atoms with Gasteiger partial charge in [0.25, 0.3) is 0 Å². The zero-order valence-corrected chi connectivity index (χ0v) is 6.54. The summed E-state index contributed by atoms with van der Waals surface area (Å²) in [7, 11) is 0. The number of hydrogen-bond donors (Lipinski definition) is 0. The van der Waals surface area contributed by atoms with Crippen molar-refractivity contribution in [2.75, 3.05) is 0 Å². The van der Waals surface area contributed by atoms with E-state index in [0.717, 1.165) is 0 Å². The SMILES string of the molecule is FC1SC(F)SC(F)S1. The molecule has 0 aliphatic carbocycles. The molecule has 0 nitrogen and oxygen atoms in total. The fourth-order valence-electron chi connectivity index (χ4n) is 0.349. The van der Waals surface area contributed by atoms with Gasteiger partial charge in [0, 0.05) is 0 Å². The average molecular weight is 192 g/mol. The highest BCUT2D eigenvalue weighted by Gasteiger charge is 2.30. The topological polar surface area (TPSA) is 0 Å². The molecule has 0 aromatic rings. The fourth-order valence-corrected chi connectivity index (χ4v) is 4.01. The Kier molecular flexibility index (Phi) is 2.91. The van der Waals surface area contributed by atoms with Gasteiger partial charge in [0.05, 0.1) is 0 Å². The van der Waals surface area contributed by atoms with Crippen molar-refractivity contribution >= 4 is 35.3 Å². The van der Waals surface area contributed by atoms with E-state index in [0.29, 0.717) is 35.3 Å². The summed E-state index contributed by atoms with van der Waals surface area (Å²) in [4.78, 5) is -4.34. The van der Waals surface area contributed by atoms with E-state index in [1.54, 1.807) is 0 Å². The van der Waals surface area contributed by atoms with Gasteiger partial charge in [-0.1, -0.05) is 35.3 Å². The first-order chi connectivity index (χ1) is 4.18. The van der Waals surface area contributed by atoms with E-state index >= 15 is 0 Å². The molecule has 0 aromatic heterocycles. The van der Waals surface area contributed by atoms with Crippen LogP contribution >= 0.6 is 35.3 Å². The van der Waals surface area contributed by atoms with Crippen molar-refractivity contribution in [1.82, 2.24) is 0 Å². The van der Waals surface area contributed by atoms with Crippen molar-refractivity contribution in [2.45, 2.75) is 14.5 Å². The van der Waals surface area contributed by atoms with Gasteiger partial charge in [0.2, 0.25) is 0 Å². The zero-order valence-electron chi connectivity index (χ0n) is 4.09. The first kappa shape index (κ1) is 7.94. The predicted octanol–water partition coefficient (Wildman–Crippen LogP) is 2.96. The maximum atomic E-state index is 12.1. The molecule has 1 aliphatic rings. The van der Waals surface area contributed by atoms with Crippen LogP contribution < -0.4 is 0 Å². The molecule has 6 heteroatoms. The van der Waals surface area contributed by atoms with Crippen LogP contribution in [0.3, 0.4) is 0 Å². The van der Waals surface area contributed by atoms with E-state index in [1.165, 1.54) is 0 Å². The summed E-state index contributed by atoms with van der Waals surface area (Å²) in [6, 6.07) is 0. The third kappa shape index (κ3) is 2.51. The van der Waals surface area contributed by atoms with E-state index in [-0.39, 0.29) is 0 Å². The molecule has 1 fully saturated rings. The molecule has 1 aliphatic heterocycles. The number of halogens is 3. The lowest BCUT2D eigenvalue weighted by Gasteiger charge is -2.19. The Morgan fingerprint density at radius 2 is 0.889 bits per heavy atom. The van der Waals surface area contributed by atoms with Crippen LogP contribution in [0.25, 0.3) is 0 Å². The van der Waals surface area contributed by atoms with Gasteiger partial charge in [-0.3, -0.25) is 0 Å². The van der Waals surface area contributed by atoms with Crippen molar-refractivity contribution < 1.29 is 13.2 Å². The lowest BCUT2D eigenvalue weighted by atomic mass is 11.7. The van der Waals surface area contributed by atoms with Crippen LogP contribution in [-0.4, -0.2) is 14.5 Å². The maximum Gasteiger partial charge on any atom is 0.198 e. The van der Waals surface area contributed by atoms with E-state index in [4.69, 9.17) is 0 Å². The molecule has 9 heavy (non-hydrogen) atoms. The van der Waals surface area contributed by atoms with Crippen LogP contribution in [0.15, 0.2) is 0 Å². The highest BCUT2D eigenvalue weighted by atomic mass is 32.3. The summed E-state index contributed by atoms with van der Waals surface area (Å²) in [5.74, 6) is 0. The second-order valence-electron chi connectivity index (χ2n) is 1.23. The summed E-state index contributed by atoms with van der Waals surface area (Å²) in [6.45, 7) is 0. The van der Waals surface area contributed by atoms with Gasteiger partial charge >= 0.3 is 0 Å². The van der Waals surface area contributed by atoms with Crippen LogP contribution in [0, 0.1) is 0 Å². The van der Waals surface area contributed by atoms with Crippen LogP contribution in [0.4, 0.5) is 13.2 Å². The fraction of sp³-hybridized carbons (Fsp3) is 1.00. The molecule has 54 valence electrons. The molecule has 0 aromatic carbocycles. The molecule has 1 heterocycles. The molecule has 0 bridgehead atoms. The Bertz CT molecular complexity index is 75.3. The van der Waals surface area contributed by atoms with Crippen molar-refractivity contribution in [2.24, 2.45) is 0 Å². The van der Waals surface area contributed by atoms with E-state index < -0.39 is 14.5 Å². The molecule has 0 radical (unpaired) electrons. The summed E-state index contributed by atoms with van der Waals surface area (Å²) in [5.41, 5.74) is 0.